The van der Waals surface area contributed by atoms with E-state index in [1.54, 1.807) is 0 Å². The summed E-state index contributed by atoms with van der Waals surface area (Å²) in [6.07, 6.45) is -4.42. The SMILES string of the molecule is COc1cc(CO)cc(C#Cc2ccc(C(F)(F)F)cc2)c1OC(C)=O. The molecule has 7 heteroatoms. The quantitative estimate of drug-likeness (QED) is 0.514. The first-order valence-electron chi connectivity index (χ1n) is 7.44. The van der Waals surface area contributed by atoms with E-state index >= 15 is 0 Å². The summed E-state index contributed by atoms with van der Waals surface area (Å²) in [7, 11) is 1.37. The molecule has 0 fully saturated rings. The zero-order valence-electron chi connectivity index (χ0n) is 14.0. The Hall–Kier alpha value is -2.98. The van der Waals surface area contributed by atoms with Crippen LogP contribution in [0.2, 0.25) is 0 Å². The molecule has 0 saturated heterocycles. The molecule has 0 bridgehead atoms. The number of hydrogen-bond acceptors (Lipinski definition) is 4. The second kappa shape index (κ2) is 7.93. The lowest BCUT2D eigenvalue weighted by Crippen LogP contribution is -2.05. The minimum Gasteiger partial charge on any atom is -0.493 e. The zero-order chi connectivity index (χ0) is 19.3. The largest absolute Gasteiger partial charge is 0.493 e. The average molecular weight is 364 g/mol. The maximum atomic E-state index is 12.6. The number of benzene rings is 2. The number of carbonyl (C=O) groups excluding carboxylic acids is 1. The van der Waals surface area contributed by atoms with Gasteiger partial charge in [-0.25, -0.2) is 0 Å². The molecule has 4 nitrogen and oxygen atoms in total. The summed E-state index contributed by atoms with van der Waals surface area (Å²) in [5.74, 6) is 5.16. The third-order valence-electron chi connectivity index (χ3n) is 3.32. The lowest BCUT2D eigenvalue weighted by molar-refractivity contribution is -0.137. The number of aliphatic hydroxyl groups is 1. The van der Waals surface area contributed by atoms with Gasteiger partial charge in [0.15, 0.2) is 11.5 Å². The van der Waals surface area contributed by atoms with Crippen LogP contribution in [0.3, 0.4) is 0 Å². The Morgan fingerprint density at radius 3 is 2.31 bits per heavy atom. The van der Waals surface area contributed by atoms with Crippen LogP contribution in [0.5, 0.6) is 11.5 Å². The Bertz CT molecular complexity index is 859. The molecule has 0 aliphatic heterocycles. The van der Waals surface area contributed by atoms with Crippen LogP contribution in [0.1, 0.15) is 29.2 Å². The highest BCUT2D eigenvalue weighted by Crippen LogP contribution is 2.33. The van der Waals surface area contributed by atoms with Crippen molar-refractivity contribution in [3.8, 4) is 23.3 Å². The van der Waals surface area contributed by atoms with Crippen molar-refractivity contribution in [2.24, 2.45) is 0 Å². The molecule has 2 rings (SSSR count). The molecule has 0 unspecified atom stereocenters. The Kier molecular flexibility index (Phi) is 5.90. The third kappa shape index (κ3) is 4.77. The van der Waals surface area contributed by atoms with Gasteiger partial charge in [-0.1, -0.05) is 11.8 Å². The summed E-state index contributed by atoms with van der Waals surface area (Å²) in [6, 6.07) is 7.37. The Labute approximate surface area is 148 Å². The molecule has 0 radical (unpaired) electrons. The summed E-state index contributed by atoms with van der Waals surface area (Å²) in [4.78, 5) is 11.3. The maximum Gasteiger partial charge on any atom is 0.416 e. The van der Waals surface area contributed by atoms with E-state index in [-0.39, 0.29) is 23.7 Å². The van der Waals surface area contributed by atoms with Crippen molar-refractivity contribution < 1.29 is 32.5 Å². The van der Waals surface area contributed by atoms with Gasteiger partial charge in [-0.15, -0.1) is 0 Å². The maximum absolute atomic E-state index is 12.6. The van der Waals surface area contributed by atoms with Gasteiger partial charge in [-0.3, -0.25) is 4.79 Å². The van der Waals surface area contributed by atoms with Gasteiger partial charge in [0, 0.05) is 12.5 Å². The second-order valence-corrected chi connectivity index (χ2v) is 5.25. The van der Waals surface area contributed by atoms with Crippen LogP contribution in [0.25, 0.3) is 0 Å². The van der Waals surface area contributed by atoms with Crippen molar-refractivity contribution in [3.63, 3.8) is 0 Å². The topological polar surface area (TPSA) is 55.8 Å². The van der Waals surface area contributed by atoms with Gasteiger partial charge in [0.2, 0.25) is 0 Å². The Balaban J connectivity index is 2.45. The molecule has 0 saturated carbocycles. The number of aliphatic hydroxyl groups excluding tert-OH is 1. The van der Waals surface area contributed by atoms with E-state index in [9.17, 15) is 23.1 Å². The Morgan fingerprint density at radius 2 is 1.81 bits per heavy atom. The van der Waals surface area contributed by atoms with Crippen molar-refractivity contribution in [1.29, 1.82) is 0 Å². The number of rotatable bonds is 3. The van der Waals surface area contributed by atoms with E-state index in [2.05, 4.69) is 11.8 Å². The lowest BCUT2D eigenvalue weighted by atomic mass is 10.1. The van der Waals surface area contributed by atoms with Gasteiger partial charge >= 0.3 is 12.1 Å². The average Bonchev–Trinajstić information content (AvgIpc) is 2.59. The number of carbonyl (C=O) groups is 1. The van der Waals surface area contributed by atoms with Crippen LogP contribution in [0.15, 0.2) is 36.4 Å². The Morgan fingerprint density at radius 1 is 1.15 bits per heavy atom. The van der Waals surface area contributed by atoms with Crippen molar-refractivity contribution in [3.05, 3.63) is 58.7 Å². The zero-order valence-corrected chi connectivity index (χ0v) is 14.0. The second-order valence-electron chi connectivity index (χ2n) is 5.25. The van der Waals surface area contributed by atoms with Crippen molar-refractivity contribution in [2.75, 3.05) is 7.11 Å². The first-order valence-corrected chi connectivity index (χ1v) is 7.44. The van der Waals surface area contributed by atoms with E-state index in [1.165, 1.54) is 38.3 Å². The molecule has 0 atom stereocenters. The predicted molar refractivity (Wildman–Crippen MR) is 87.6 cm³/mol. The highest BCUT2D eigenvalue weighted by Gasteiger charge is 2.29. The van der Waals surface area contributed by atoms with Crippen molar-refractivity contribution in [2.45, 2.75) is 19.7 Å². The van der Waals surface area contributed by atoms with E-state index < -0.39 is 17.7 Å². The minimum absolute atomic E-state index is 0.0802. The smallest absolute Gasteiger partial charge is 0.416 e. The van der Waals surface area contributed by atoms with Crippen LogP contribution in [0, 0.1) is 11.8 Å². The molecule has 2 aromatic rings. The molecule has 0 heterocycles. The van der Waals surface area contributed by atoms with E-state index in [4.69, 9.17) is 9.47 Å². The first kappa shape index (κ1) is 19.3. The molecule has 0 aliphatic carbocycles. The highest BCUT2D eigenvalue weighted by atomic mass is 19.4. The van der Waals surface area contributed by atoms with Crippen LogP contribution in [-0.2, 0) is 17.6 Å². The van der Waals surface area contributed by atoms with E-state index in [0.29, 0.717) is 11.1 Å². The van der Waals surface area contributed by atoms with Gasteiger partial charge in [0.1, 0.15) is 0 Å². The van der Waals surface area contributed by atoms with Crippen LogP contribution in [-0.4, -0.2) is 18.2 Å². The summed E-state index contributed by atoms with van der Waals surface area (Å²) < 4.78 is 48.0. The fraction of sp³-hybridized carbons (Fsp3) is 0.211. The highest BCUT2D eigenvalue weighted by molar-refractivity contribution is 5.72. The number of halogens is 3. The van der Waals surface area contributed by atoms with Gasteiger partial charge in [-0.05, 0) is 42.0 Å². The van der Waals surface area contributed by atoms with Crippen LogP contribution in [0.4, 0.5) is 13.2 Å². The molecule has 1 N–H and O–H groups in total. The number of methoxy groups -OCH3 is 1. The first-order chi connectivity index (χ1) is 12.2. The summed E-state index contributed by atoms with van der Waals surface area (Å²) in [5, 5.41) is 9.33. The molecule has 0 amide bonds. The number of alkyl halides is 3. The van der Waals surface area contributed by atoms with Gasteiger partial charge in [0.05, 0.1) is 24.8 Å². The third-order valence-corrected chi connectivity index (χ3v) is 3.32. The molecular weight excluding hydrogens is 349 g/mol. The van der Waals surface area contributed by atoms with Crippen LogP contribution < -0.4 is 9.47 Å². The molecule has 2 aromatic carbocycles. The van der Waals surface area contributed by atoms with E-state index in [0.717, 1.165) is 12.1 Å². The molecular formula is C19H15F3O4. The fourth-order valence-corrected chi connectivity index (χ4v) is 2.13. The molecule has 0 aliphatic rings. The summed E-state index contributed by atoms with van der Waals surface area (Å²) in [6.45, 7) is 0.929. The summed E-state index contributed by atoms with van der Waals surface area (Å²) in [5.41, 5.74) is 0.325. The predicted octanol–water partition coefficient (Wildman–Crippen LogP) is 3.53. The van der Waals surface area contributed by atoms with Gasteiger partial charge in [0.25, 0.3) is 0 Å². The van der Waals surface area contributed by atoms with Gasteiger partial charge < -0.3 is 14.6 Å². The minimum atomic E-state index is -4.42. The van der Waals surface area contributed by atoms with Crippen LogP contribution >= 0.6 is 0 Å². The standard InChI is InChI=1S/C19H15F3O4/c1-12(24)26-18-15(9-14(11-23)10-17(18)25-2)6-3-13-4-7-16(8-5-13)19(20,21)22/h4-5,7-10,23H,11H2,1-2H3. The van der Waals surface area contributed by atoms with E-state index in [1.807, 2.05) is 0 Å². The molecule has 0 spiro atoms. The monoisotopic (exact) mass is 364 g/mol. The lowest BCUT2D eigenvalue weighted by Gasteiger charge is -2.11. The van der Waals surface area contributed by atoms with Crippen molar-refractivity contribution in [1.82, 2.24) is 0 Å². The molecule has 136 valence electrons. The number of esters is 1. The molecule has 26 heavy (non-hydrogen) atoms. The number of ether oxygens (including phenoxy) is 2. The fourth-order valence-electron chi connectivity index (χ4n) is 2.13. The van der Waals surface area contributed by atoms with Crippen molar-refractivity contribution >= 4 is 5.97 Å². The number of hydrogen-bond donors (Lipinski definition) is 1. The summed E-state index contributed by atoms with van der Waals surface area (Å²) >= 11 is 0. The molecule has 0 aromatic heterocycles. The normalized spacial score (nSPS) is 10.7. The van der Waals surface area contributed by atoms with Gasteiger partial charge in [-0.2, -0.15) is 13.2 Å².